The quantitative estimate of drug-likeness (QED) is 0.727. The summed E-state index contributed by atoms with van der Waals surface area (Å²) in [7, 11) is 0. The van der Waals surface area contributed by atoms with Crippen LogP contribution in [0.4, 0.5) is 0 Å². The molecule has 0 spiro atoms. The molecule has 0 fully saturated rings. The van der Waals surface area contributed by atoms with Gasteiger partial charge in [0.15, 0.2) is 11.5 Å². The van der Waals surface area contributed by atoms with Crippen molar-refractivity contribution in [2.24, 2.45) is 0 Å². The normalized spacial score (nSPS) is 13.6. The van der Waals surface area contributed by atoms with Crippen molar-refractivity contribution in [1.29, 1.82) is 0 Å². The molecule has 2 nitrogen and oxygen atoms in total. The summed E-state index contributed by atoms with van der Waals surface area (Å²) >= 11 is 6.71. The van der Waals surface area contributed by atoms with Crippen molar-refractivity contribution in [3.63, 3.8) is 0 Å². The van der Waals surface area contributed by atoms with Gasteiger partial charge in [-0.15, -0.1) is 0 Å². The largest absolute Gasteiger partial charge is 0.452 e. The molecule has 0 radical (unpaired) electrons. The Morgan fingerprint density at radius 1 is 1.00 bits per heavy atom. The number of benzene rings is 1. The van der Waals surface area contributed by atoms with Gasteiger partial charge in [0, 0.05) is 0 Å². The highest BCUT2D eigenvalue weighted by molar-refractivity contribution is 9.11. The van der Waals surface area contributed by atoms with Crippen molar-refractivity contribution in [3.8, 4) is 11.5 Å². The van der Waals surface area contributed by atoms with Crippen molar-refractivity contribution in [1.82, 2.24) is 0 Å². The standard InChI is InChI=1S/C7H4Br2O2/c8-4-1-2-5(9)7-6(4)10-3-11-7/h1-2H,3H2. The Kier molecular flexibility index (Phi) is 1.81. The molecule has 1 aromatic rings. The highest BCUT2D eigenvalue weighted by Crippen LogP contribution is 2.43. The summed E-state index contributed by atoms with van der Waals surface area (Å²) in [6.07, 6.45) is 0. The zero-order valence-electron chi connectivity index (χ0n) is 5.43. The van der Waals surface area contributed by atoms with Gasteiger partial charge in [-0.3, -0.25) is 0 Å². The van der Waals surface area contributed by atoms with E-state index >= 15 is 0 Å². The molecule has 0 bridgehead atoms. The summed E-state index contributed by atoms with van der Waals surface area (Å²) in [6.45, 7) is 0.302. The van der Waals surface area contributed by atoms with E-state index in [-0.39, 0.29) is 0 Å². The van der Waals surface area contributed by atoms with E-state index in [1.807, 2.05) is 12.1 Å². The second kappa shape index (κ2) is 2.68. The van der Waals surface area contributed by atoms with E-state index in [0.29, 0.717) is 6.79 Å². The van der Waals surface area contributed by atoms with Gasteiger partial charge < -0.3 is 9.47 Å². The van der Waals surface area contributed by atoms with Crippen LogP contribution in [0.3, 0.4) is 0 Å². The van der Waals surface area contributed by atoms with Gasteiger partial charge in [-0.25, -0.2) is 0 Å². The second-order valence-corrected chi connectivity index (χ2v) is 3.80. The molecule has 0 amide bonds. The van der Waals surface area contributed by atoms with Gasteiger partial charge >= 0.3 is 0 Å². The van der Waals surface area contributed by atoms with Gasteiger partial charge in [-0.1, -0.05) is 0 Å². The molecule has 4 heteroatoms. The van der Waals surface area contributed by atoms with Crippen LogP contribution in [0.15, 0.2) is 21.1 Å². The Hall–Kier alpha value is -0.220. The van der Waals surface area contributed by atoms with Crippen molar-refractivity contribution in [2.75, 3.05) is 6.79 Å². The summed E-state index contributed by atoms with van der Waals surface area (Å²) in [5.41, 5.74) is 0. The van der Waals surface area contributed by atoms with E-state index in [9.17, 15) is 0 Å². The number of hydrogen-bond acceptors (Lipinski definition) is 2. The minimum atomic E-state index is 0.302. The number of hydrogen-bond donors (Lipinski definition) is 0. The van der Waals surface area contributed by atoms with Gasteiger partial charge in [0.2, 0.25) is 6.79 Å². The van der Waals surface area contributed by atoms with Crippen molar-refractivity contribution in [3.05, 3.63) is 21.1 Å². The van der Waals surface area contributed by atoms with Crippen LogP contribution in [0.1, 0.15) is 0 Å². The molecule has 1 aliphatic heterocycles. The first-order chi connectivity index (χ1) is 5.29. The Morgan fingerprint density at radius 3 is 1.91 bits per heavy atom. The van der Waals surface area contributed by atoms with Crippen LogP contribution in [-0.4, -0.2) is 6.79 Å². The van der Waals surface area contributed by atoms with Crippen LogP contribution in [-0.2, 0) is 0 Å². The van der Waals surface area contributed by atoms with E-state index in [2.05, 4.69) is 31.9 Å². The van der Waals surface area contributed by atoms with E-state index in [1.54, 1.807) is 0 Å². The van der Waals surface area contributed by atoms with Gasteiger partial charge in [-0.05, 0) is 44.0 Å². The molecule has 0 N–H and O–H groups in total. The fourth-order valence-electron chi connectivity index (χ4n) is 0.931. The third-order valence-electron chi connectivity index (χ3n) is 1.42. The average Bonchev–Trinajstić information content (AvgIpc) is 2.45. The lowest BCUT2D eigenvalue weighted by Gasteiger charge is -1.99. The number of fused-ring (bicyclic) bond motifs is 1. The molecular formula is C7H4Br2O2. The van der Waals surface area contributed by atoms with Crippen molar-refractivity contribution >= 4 is 31.9 Å². The Bertz CT molecular complexity index is 270. The molecule has 0 unspecified atom stereocenters. The van der Waals surface area contributed by atoms with Crippen LogP contribution in [0, 0.1) is 0 Å². The third-order valence-corrected chi connectivity index (χ3v) is 2.67. The van der Waals surface area contributed by atoms with E-state index < -0.39 is 0 Å². The number of rotatable bonds is 0. The van der Waals surface area contributed by atoms with Gasteiger partial charge in [0.05, 0.1) is 8.95 Å². The summed E-state index contributed by atoms with van der Waals surface area (Å²) in [4.78, 5) is 0. The predicted octanol–water partition coefficient (Wildman–Crippen LogP) is 2.94. The van der Waals surface area contributed by atoms with Crippen LogP contribution in [0.5, 0.6) is 11.5 Å². The average molecular weight is 280 g/mol. The highest BCUT2D eigenvalue weighted by atomic mass is 79.9. The molecule has 11 heavy (non-hydrogen) atoms. The first kappa shape index (κ1) is 7.43. The molecule has 0 saturated carbocycles. The van der Waals surface area contributed by atoms with Crippen LogP contribution >= 0.6 is 31.9 Å². The van der Waals surface area contributed by atoms with Gasteiger partial charge in [0.25, 0.3) is 0 Å². The fourth-order valence-corrected chi connectivity index (χ4v) is 1.78. The molecule has 1 aromatic carbocycles. The Labute approximate surface area is 80.8 Å². The van der Waals surface area contributed by atoms with Gasteiger partial charge in [-0.2, -0.15) is 0 Å². The maximum Gasteiger partial charge on any atom is 0.231 e. The molecule has 0 atom stereocenters. The molecule has 1 aliphatic rings. The minimum absolute atomic E-state index is 0.302. The molecule has 0 saturated heterocycles. The smallest absolute Gasteiger partial charge is 0.231 e. The van der Waals surface area contributed by atoms with E-state index in [0.717, 1.165) is 20.4 Å². The monoisotopic (exact) mass is 278 g/mol. The van der Waals surface area contributed by atoms with E-state index in [1.165, 1.54) is 0 Å². The number of ether oxygens (including phenoxy) is 2. The first-order valence-electron chi connectivity index (χ1n) is 3.02. The molecule has 0 aromatic heterocycles. The zero-order chi connectivity index (χ0) is 7.84. The van der Waals surface area contributed by atoms with Crippen molar-refractivity contribution in [2.45, 2.75) is 0 Å². The predicted molar refractivity (Wildman–Crippen MR) is 48.0 cm³/mol. The first-order valence-corrected chi connectivity index (χ1v) is 4.61. The maximum absolute atomic E-state index is 5.21. The Morgan fingerprint density at radius 2 is 1.45 bits per heavy atom. The Balaban J connectivity index is 2.64. The minimum Gasteiger partial charge on any atom is -0.452 e. The molecule has 0 aliphatic carbocycles. The third kappa shape index (κ3) is 1.14. The highest BCUT2D eigenvalue weighted by Gasteiger charge is 2.19. The topological polar surface area (TPSA) is 18.5 Å². The summed E-state index contributed by atoms with van der Waals surface area (Å²) < 4.78 is 12.3. The van der Waals surface area contributed by atoms with Crippen LogP contribution < -0.4 is 9.47 Å². The lowest BCUT2D eigenvalue weighted by Crippen LogP contribution is -1.93. The lowest BCUT2D eigenvalue weighted by molar-refractivity contribution is 0.173. The molecular weight excluding hydrogens is 276 g/mol. The maximum atomic E-state index is 5.21. The van der Waals surface area contributed by atoms with Crippen molar-refractivity contribution < 1.29 is 9.47 Å². The SMILES string of the molecule is Brc1ccc(Br)c2c1OCO2. The molecule has 58 valence electrons. The van der Waals surface area contributed by atoms with E-state index in [4.69, 9.17) is 9.47 Å². The van der Waals surface area contributed by atoms with Crippen LogP contribution in [0.25, 0.3) is 0 Å². The van der Waals surface area contributed by atoms with Gasteiger partial charge in [0.1, 0.15) is 0 Å². The summed E-state index contributed by atoms with van der Waals surface area (Å²) in [5, 5.41) is 0. The second-order valence-electron chi connectivity index (χ2n) is 2.09. The van der Waals surface area contributed by atoms with Crippen LogP contribution in [0.2, 0.25) is 0 Å². The summed E-state index contributed by atoms with van der Waals surface area (Å²) in [5.74, 6) is 1.55. The zero-order valence-corrected chi connectivity index (χ0v) is 8.61. The molecule has 1 heterocycles. The number of halogens is 2. The lowest BCUT2D eigenvalue weighted by atomic mass is 10.3. The molecule has 2 rings (SSSR count). The summed E-state index contributed by atoms with van der Waals surface area (Å²) in [6, 6.07) is 3.83. The fraction of sp³-hybridized carbons (Fsp3) is 0.143.